The summed E-state index contributed by atoms with van der Waals surface area (Å²) in [5.74, 6) is -0.434. The fraction of sp³-hybridized carbons (Fsp3) is 0.333. The summed E-state index contributed by atoms with van der Waals surface area (Å²) >= 11 is 6.11. The van der Waals surface area contributed by atoms with E-state index in [1.807, 2.05) is 18.2 Å². The molecule has 2 aromatic carbocycles. The van der Waals surface area contributed by atoms with Gasteiger partial charge in [-0.3, -0.25) is 9.69 Å². The number of likely N-dealkylation sites (tertiary alicyclic amines) is 1. The van der Waals surface area contributed by atoms with Gasteiger partial charge in [-0.1, -0.05) is 23.7 Å². The number of amides is 1. The quantitative estimate of drug-likeness (QED) is 0.732. The lowest BCUT2D eigenvalue weighted by atomic mass is 9.88. The summed E-state index contributed by atoms with van der Waals surface area (Å²) in [7, 11) is 0. The minimum Gasteiger partial charge on any atom is -0.448 e. The number of Topliss-reactive ketones (excluding diaryl/α,β-unsaturated/α-hetero) is 1. The van der Waals surface area contributed by atoms with Crippen molar-refractivity contribution < 1.29 is 18.7 Å². The highest BCUT2D eigenvalue weighted by Crippen LogP contribution is 2.30. The number of carbonyl (C=O) groups is 2. The standard InChI is InChI=1S/C21H22ClFN2O3/c22-17-3-1-2-16(12-17)19(13-28-21(24)27)25-10-8-15(9-11-25)20(26)14-4-6-18(23)7-5-14/h1-7,12,15,19H,8-11,13H2,(H2,24,27). The Morgan fingerprint density at radius 3 is 2.46 bits per heavy atom. The Bertz CT molecular complexity index is 836. The smallest absolute Gasteiger partial charge is 0.404 e. The van der Waals surface area contributed by atoms with E-state index in [0.29, 0.717) is 36.5 Å². The van der Waals surface area contributed by atoms with Gasteiger partial charge in [-0.05, 0) is 67.9 Å². The fourth-order valence-corrected chi connectivity index (χ4v) is 3.81. The molecule has 0 spiro atoms. The number of piperidine rings is 1. The summed E-state index contributed by atoms with van der Waals surface area (Å²) in [6.45, 7) is 1.44. The third kappa shape index (κ3) is 5.09. The minimum atomic E-state index is -0.826. The van der Waals surface area contributed by atoms with Crippen LogP contribution in [0.25, 0.3) is 0 Å². The molecule has 2 N–H and O–H groups in total. The third-order valence-electron chi connectivity index (χ3n) is 5.09. The molecule has 1 aliphatic heterocycles. The van der Waals surface area contributed by atoms with E-state index in [2.05, 4.69) is 4.90 Å². The molecule has 0 bridgehead atoms. The summed E-state index contributed by atoms with van der Waals surface area (Å²) in [5.41, 5.74) is 6.60. The van der Waals surface area contributed by atoms with Crippen LogP contribution in [0.3, 0.4) is 0 Å². The van der Waals surface area contributed by atoms with Crippen molar-refractivity contribution in [3.8, 4) is 0 Å². The third-order valence-corrected chi connectivity index (χ3v) is 5.32. The van der Waals surface area contributed by atoms with Gasteiger partial charge in [0.25, 0.3) is 0 Å². The highest BCUT2D eigenvalue weighted by molar-refractivity contribution is 6.30. The number of carbonyl (C=O) groups excluding carboxylic acids is 2. The van der Waals surface area contributed by atoms with Crippen LogP contribution < -0.4 is 5.73 Å². The van der Waals surface area contributed by atoms with E-state index >= 15 is 0 Å². The largest absolute Gasteiger partial charge is 0.448 e. The predicted octanol–water partition coefficient (Wildman–Crippen LogP) is 4.21. The molecule has 148 valence electrons. The molecule has 28 heavy (non-hydrogen) atoms. The van der Waals surface area contributed by atoms with Gasteiger partial charge in [0, 0.05) is 16.5 Å². The maximum absolute atomic E-state index is 13.1. The van der Waals surface area contributed by atoms with E-state index in [9.17, 15) is 14.0 Å². The van der Waals surface area contributed by atoms with Crippen LogP contribution >= 0.6 is 11.6 Å². The van der Waals surface area contributed by atoms with E-state index in [1.54, 1.807) is 6.07 Å². The summed E-state index contributed by atoms with van der Waals surface area (Å²) < 4.78 is 18.1. The summed E-state index contributed by atoms with van der Waals surface area (Å²) in [6.07, 6.45) is 0.515. The molecular weight excluding hydrogens is 383 g/mol. The van der Waals surface area contributed by atoms with Gasteiger partial charge >= 0.3 is 6.09 Å². The molecule has 0 aromatic heterocycles. The lowest BCUT2D eigenvalue weighted by Gasteiger charge is -2.37. The normalized spacial score (nSPS) is 16.5. The number of hydrogen-bond donors (Lipinski definition) is 1. The monoisotopic (exact) mass is 404 g/mol. The van der Waals surface area contributed by atoms with Crippen molar-refractivity contribution in [2.75, 3.05) is 19.7 Å². The Morgan fingerprint density at radius 1 is 1.18 bits per heavy atom. The average Bonchev–Trinajstić information content (AvgIpc) is 2.68. The number of primary amides is 1. The summed E-state index contributed by atoms with van der Waals surface area (Å²) in [6, 6.07) is 12.9. The van der Waals surface area contributed by atoms with Crippen LogP contribution in [-0.4, -0.2) is 36.5 Å². The Kier molecular flexibility index (Phi) is 6.65. The number of halogens is 2. The van der Waals surface area contributed by atoms with E-state index < -0.39 is 6.09 Å². The molecule has 5 nitrogen and oxygen atoms in total. The minimum absolute atomic E-state index is 0.0346. The summed E-state index contributed by atoms with van der Waals surface area (Å²) in [4.78, 5) is 25.9. The van der Waals surface area contributed by atoms with Gasteiger partial charge in [0.1, 0.15) is 12.4 Å². The van der Waals surface area contributed by atoms with Crippen LogP contribution in [0.15, 0.2) is 48.5 Å². The average molecular weight is 405 g/mol. The number of hydrogen-bond acceptors (Lipinski definition) is 4. The van der Waals surface area contributed by atoms with E-state index in [4.69, 9.17) is 22.1 Å². The molecule has 1 atom stereocenters. The Morgan fingerprint density at radius 2 is 1.86 bits per heavy atom. The lowest BCUT2D eigenvalue weighted by Crippen LogP contribution is -2.41. The van der Waals surface area contributed by atoms with Crippen LogP contribution in [0, 0.1) is 11.7 Å². The SMILES string of the molecule is NC(=O)OCC(c1cccc(Cl)c1)N1CCC(C(=O)c2ccc(F)cc2)CC1. The van der Waals surface area contributed by atoms with Crippen molar-refractivity contribution in [3.05, 3.63) is 70.5 Å². The molecule has 2 aromatic rings. The number of ketones is 1. The zero-order chi connectivity index (χ0) is 20.1. The zero-order valence-electron chi connectivity index (χ0n) is 15.3. The van der Waals surface area contributed by atoms with Crippen molar-refractivity contribution in [3.63, 3.8) is 0 Å². The molecule has 0 radical (unpaired) electrons. The first-order chi connectivity index (χ1) is 13.4. The van der Waals surface area contributed by atoms with Gasteiger partial charge in [0.15, 0.2) is 5.78 Å². The fourth-order valence-electron chi connectivity index (χ4n) is 3.61. The zero-order valence-corrected chi connectivity index (χ0v) is 16.1. The molecule has 1 heterocycles. The van der Waals surface area contributed by atoms with Crippen molar-refractivity contribution in [1.29, 1.82) is 0 Å². The predicted molar refractivity (Wildman–Crippen MR) is 105 cm³/mol. The van der Waals surface area contributed by atoms with Crippen LogP contribution in [0.4, 0.5) is 9.18 Å². The first-order valence-electron chi connectivity index (χ1n) is 9.15. The van der Waals surface area contributed by atoms with Gasteiger partial charge < -0.3 is 10.5 Å². The van der Waals surface area contributed by atoms with E-state index in [0.717, 1.165) is 5.56 Å². The number of rotatable bonds is 6. The maximum atomic E-state index is 13.1. The van der Waals surface area contributed by atoms with Gasteiger partial charge in [0.05, 0.1) is 6.04 Å². The first-order valence-corrected chi connectivity index (χ1v) is 9.53. The van der Waals surface area contributed by atoms with Crippen LogP contribution in [0.1, 0.15) is 34.8 Å². The number of benzene rings is 2. The van der Waals surface area contributed by atoms with Crippen molar-refractivity contribution in [1.82, 2.24) is 4.90 Å². The molecule has 7 heteroatoms. The van der Waals surface area contributed by atoms with Crippen LogP contribution in [0.5, 0.6) is 0 Å². The second-order valence-electron chi connectivity index (χ2n) is 6.88. The molecular formula is C21H22ClFN2O3. The Balaban J connectivity index is 1.68. The Labute approximate surface area is 168 Å². The van der Waals surface area contributed by atoms with Gasteiger partial charge in [-0.25, -0.2) is 9.18 Å². The van der Waals surface area contributed by atoms with Crippen molar-refractivity contribution >= 4 is 23.5 Å². The topological polar surface area (TPSA) is 72.6 Å². The maximum Gasteiger partial charge on any atom is 0.404 e. The molecule has 1 fully saturated rings. The molecule has 1 aliphatic rings. The molecule has 0 saturated carbocycles. The second-order valence-corrected chi connectivity index (χ2v) is 7.32. The highest BCUT2D eigenvalue weighted by atomic mass is 35.5. The van der Waals surface area contributed by atoms with E-state index in [1.165, 1.54) is 24.3 Å². The summed E-state index contributed by atoms with van der Waals surface area (Å²) in [5, 5.41) is 0.600. The molecule has 1 saturated heterocycles. The van der Waals surface area contributed by atoms with Crippen LogP contribution in [0.2, 0.25) is 5.02 Å². The van der Waals surface area contributed by atoms with E-state index in [-0.39, 0.29) is 30.2 Å². The van der Waals surface area contributed by atoms with Crippen LogP contribution in [-0.2, 0) is 4.74 Å². The van der Waals surface area contributed by atoms with Gasteiger partial charge in [0.2, 0.25) is 0 Å². The van der Waals surface area contributed by atoms with Gasteiger partial charge in [-0.15, -0.1) is 0 Å². The molecule has 3 rings (SSSR count). The van der Waals surface area contributed by atoms with Crippen molar-refractivity contribution in [2.45, 2.75) is 18.9 Å². The van der Waals surface area contributed by atoms with Crippen molar-refractivity contribution in [2.24, 2.45) is 11.7 Å². The number of ether oxygens (including phenoxy) is 1. The molecule has 0 aliphatic carbocycles. The second kappa shape index (κ2) is 9.17. The molecule has 1 amide bonds. The number of nitrogens with two attached hydrogens (primary N) is 1. The lowest BCUT2D eigenvalue weighted by molar-refractivity contribution is 0.0627. The van der Waals surface area contributed by atoms with Gasteiger partial charge in [-0.2, -0.15) is 0 Å². The molecule has 1 unspecified atom stereocenters. The number of nitrogens with zero attached hydrogens (tertiary/aromatic N) is 1. The first kappa shape index (κ1) is 20.3. The Hall–Kier alpha value is -2.44. The highest BCUT2D eigenvalue weighted by Gasteiger charge is 2.30.